The Bertz CT molecular complexity index is 1020. The molecule has 3 aromatic rings. The van der Waals surface area contributed by atoms with Crippen LogP contribution in [0.15, 0.2) is 18.3 Å². The van der Waals surface area contributed by atoms with Crippen LogP contribution in [0.4, 0.5) is 0 Å². The lowest BCUT2D eigenvalue weighted by atomic mass is 10.0. The molecule has 146 valence electrons. The first-order valence-electron chi connectivity index (χ1n) is 9.58. The molecular weight excluding hydrogens is 372 g/mol. The van der Waals surface area contributed by atoms with Crippen LogP contribution in [-0.4, -0.2) is 32.8 Å². The Morgan fingerprint density at radius 1 is 1.32 bits per heavy atom. The Kier molecular flexibility index (Phi) is 5.02. The van der Waals surface area contributed by atoms with Crippen molar-refractivity contribution in [2.75, 3.05) is 7.11 Å². The van der Waals surface area contributed by atoms with Gasteiger partial charge in [-0.05, 0) is 52.2 Å². The van der Waals surface area contributed by atoms with Gasteiger partial charge in [0, 0.05) is 29.1 Å². The fourth-order valence-electron chi connectivity index (χ4n) is 3.62. The maximum absolute atomic E-state index is 11.7. The zero-order valence-electron chi connectivity index (χ0n) is 16.7. The Morgan fingerprint density at radius 2 is 2.14 bits per heavy atom. The minimum Gasteiger partial charge on any atom is -0.469 e. The van der Waals surface area contributed by atoms with Crippen LogP contribution in [0, 0.1) is 6.92 Å². The Hall–Kier alpha value is -2.54. The van der Waals surface area contributed by atoms with E-state index in [2.05, 4.69) is 29.6 Å². The number of hydrogen-bond acceptors (Lipinski definition) is 6. The van der Waals surface area contributed by atoms with Gasteiger partial charge < -0.3 is 4.74 Å². The van der Waals surface area contributed by atoms with Crippen molar-refractivity contribution in [1.29, 1.82) is 0 Å². The van der Waals surface area contributed by atoms with Crippen molar-refractivity contribution in [2.45, 2.75) is 52.5 Å². The lowest BCUT2D eigenvalue weighted by Crippen LogP contribution is -2.05. The second-order valence-corrected chi connectivity index (χ2v) is 8.48. The molecule has 0 aromatic carbocycles. The van der Waals surface area contributed by atoms with Crippen molar-refractivity contribution in [1.82, 2.24) is 19.7 Å². The fraction of sp³-hybridized carbons (Fsp3) is 0.429. The molecule has 0 atom stereocenters. The SMILES string of the molecule is COC(=O)Cc1nc2c(s1)-c1c(c(-c3ccc(C)nc3)nn1C(C)C)CCC2. The van der Waals surface area contributed by atoms with Crippen LogP contribution in [0.5, 0.6) is 0 Å². The standard InChI is InChI=1S/C21H24N4O2S/c1-12(2)25-20-15(19(24-25)14-9-8-13(3)22-11-14)6-5-7-16-21(20)28-17(23-16)10-18(26)27-4/h8-9,11-12H,5-7,10H2,1-4H3. The van der Waals surface area contributed by atoms with Crippen molar-refractivity contribution in [3.05, 3.63) is 40.3 Å². The number of methoxy groups -OCH3 is 1. The molecule has 28 heavy (non-hydrogen) atoms. The molecule has 1 aliphatic rings. The number of fused-ring (bicyclic) bond motifs is 3. The number of aryl methyl sites for hydroxylation is 2. The highest BCUT2D eigenvalue weighted by Crippen LogP contribution is 2.42. The monoisotopic (exact) mass is 396 g/mol. The third kappa shape index (κ3) is 3.35. The molecule has 0 bridgehead atoms. The number of carbonyl (C=O) groups is 1. The number of esters is 1. The third-order valence-electron chi connectivity index (χ3n) is 5.00. The van der Waals surface area contributed by atoms with Gasteiger partial charge in [0.25, 0.3) is 0 Å². The van der Waals surface area contributed by atoms with Gasteiger partial charge >= 0.3 is 5.97 Å². The molecular formula is C21H24N4O2S. The van der Waals surface area contributed by atoms with Crippen LogP contribution in [0.2, 0.25) is 0 Å². The Balaban J connectivity index is 1.88. The topological polar surface area (TPSA) is 69.9 Å². The molecule has 0 amide bonds. The van der Waals surface area contributed by atoms with E-state index in [0.29, 0.717) is 0 Å². The molecule has 0 N–H and O–H groups in total. The van der Waals surface area contributed by atoms with Gasteiger partial charge in [-0.2, -0.15) is 5.10 Å². The minimum atomic E-state index is -0.257. The van der Waals surface area contributed by atoms with E-state index in [1.807, 2.05) is 19.2 Å². The van der Waals surface area contributed by atoms with Crippen molar-refractivity contribution >= 4 is 17.3 Å². The van der Waals surface area contributed by atoms with Crippen LogP contribution in [-0.2, 0) is 28.8 Å². The molecule has 6 nitrogen and oxygen atoms in total. The molecule has 1 aliphatic carbocycles. The maximum Gasteiger partial charge on any atom is 0.312 e. The average Bonchev–Trinajstić information content (AvgIpc) is 3.19. The van der Waals surface area contributed by atoms with Gasteiger partial charge in [-0.1, -0.05) is 0 Å². The van der Waals surface area contributed by atoms with Crippen molar-refractivity contribution in [2.24, 2.45) is 0 Å². The molecule has 4 rings (SSSR count). The number of pyridine rings is 1. The highest BCUT2D eigenvalue weighted by atomic mass is 32.1. The van der Waals surface area contributed by atoms with E-state index in [1.165, 1.54) is 12.7 Å². The maximum atomic E-state index is 11.7. The van der Waals surface area contributed by atoms with Crippen LogP contribution >= 0.6 is 11.3 Å². The molecule has 0 saturated carbocycles. The molecule has 0 fully saturated rings. The minimum absolute atomic E-state index is 0.216. The molecule has 3 aromatic heterocycles. The molecule has 0 unspecified atom stereocenters. The summed E-state index contributed by atoms with van der Waals surface area (Å²) in [6.45, 7) is 6.28. The van der Waals surface area contributed by atoms with E-state index in [0.717, 1.165) is 57.5 Å². The van der Waals surface area contributed by atoms with Crippen LogP contribution < -0.4 is 0 Å². The molecule has 0 saturated heterocycles. The van der Waals surface area contributed by atoms with E-state index < -0.39 is 0 Å². The van der Waals surface area contributed by atoms with Gasteiger partial charge in [0.2, 0.25) is 0 Å². The number of thiazole rings is 1. The first-order valence-corrected chi connectivity index (χ1v) is 10.4. The average molecular weight is 397 g/mol. The largest absolute Gasteiger partial charge is 0.469 e. The van der Waals surface area contributed by atoms with Crippen LogP contribution in [0.3, 0.4) is 0 Å². The normalized spacial score (nSPS) is 13.2. The summed E-state index contributed by atoms with van der Waals surface area (Å²) in [5.41, 5.74) is 6.52. The summed E-state index contributed by atoms with van der Waals surface area (Å²) in [4.78, 5) is 22.1. The van der Waals surface area contributed by atoms with Crippen molar-refractivity contribution in [3.63, 3.8) is 0 Å². The number of ether oxygens (including phenoxy) is 1. The van der Waals surface area contributed by atoms with E-state index in [-0.39, 0.29) is 18.4 Å². The predicted octanol–water partition coefficient (Wildman–Crippen LogP) is 4.16. The summed E-state index contributed by atoms with van der Waals surface area (Å²) in [7, 11) is 1.41. The quantitative estimate of drug-likeness (QED) is 0.619. The lowest BCUT2D eigenvalue weighted by Gasteiger charge is -2.10. The number of carbonyl (C=O) groups excluding carboxylic acids is 1. The first kappa shape index (κ1) is 18.8. The number of aromatic nitrogens is 4. The van der Waals surface area contributed by atoms with E-state index >= 15 is 0 Å². The van der Waals surface area contributed by atoms with Gasteiger partial charge in [-0.3, -0.25) is 14.5 Å². The number of rotatable bonds is 4. The summed E-state index contributed by atoms with van der Waals surface area (Å²) in [6, 6.07) is 4.34. The molecule has 0 spiro atoms. The second kappa shape index (κ2) is 7.47. The van der Waals surface area contributed by atoms with Gasteiger partial charge in [-0.25, -0.2) is 4.98 Å². The van der Waals surface area contributed by atoms with Crippen molar-refractivity contribution < 1.29 is 9.53 Å². The van der Waals surface area contributed by atoms with Gasteiger partial charge in [0.1, 0.15) is 5.01 Å². The van der Waals surface area contributed by atoms with E-state index in [1.54, 1.807) is 11.3 Å². The highest BCUT2D eigenvalue weighted by Gasteiger charge is 2.28. The van der Waals surface area contributed by atoms with E-state index in [9.17, 15) is 4.79 Å². The highest BCUT2D eigenvalue weighted by molar-refractivity contribution is 7.15. The van der Waals surface area contributed by atoms with Gasteiger partial charge in [-0.15, -0.1) is 11.3 Å². The Morgan fingerprint density at radius 3 is 2.82 bits per heavy atom. The summed E-state index contributed by atoms with van der Waals surface area (Å²) < 4.78 is 6.92. The Labute approximate surface area is 168 Å². The summed E-state index contributed by atoms with van der Waals surface area (Å²) in [6.07, 6.45) is 5.00. The fourth-order valence-corrected chi connectivity index (χ4v) is 4.78. The molecule has 3 heterocycles. The number of hydrogen-bond donors (Lipinski definition) is 0. The predicted molar refractivity (Wildman–Crippen MR) is 109 cm³/mol. The zero-order valence-corrected chi connectivity index (χ0v) is 17.5. The van der Waals surface area contributed by atoms with E-state index in [4.69, 9.17) is 14.8 Å². The molecule has 0 radical (unpaired) electrons. The second-order valence-electron chi connectivity index (χ2n) is 7.39. The van der Waals surface area contributed by atoms with Gasteiger partial charge in [0.05, 0.1) is 35.5 Å². The molecule has 0 aliphatic heterocycles. The number of nitrogens with zero attached hydrogens (tertiary/aromatic N) is 4. The van der Waals surface area contributed by atoms with Crippen LogP contribution in [0.25, 0.3) is 21.8 Å². The third-order valence-corrected chi connectivity index (χ3v) is 6.11. The summed E-state index contributed by atoms with van der Waals surface area (Å²) >= 11 is 1.59. The van der Waals surface area contributed by atoms with Crippen LogP contribution in [0.1, 0.15) is 48.3 Å². The van der Waals surface area contributed by atoms with Crippen molar-refractivity contribution in [3.8, 4) is 21.8 Å². The smallest absolute Gasteiger partial charge is 0.312 e. The summed E-state index contributed by atoms with van der Waals surface area (Å²) in [5, 5.41) is 5.79. The molecule has 7 heteroatoms. The zero-order chi connectivity index (χ0) is 19.8. The first-order chi connectivity index (χ1) is 13.5. The van der Waals surface area contributed by atoms with Gasteiger partial charge in [0.15, 0.2) is 0 Å². The lowest BCUT2D eigenvalue weighted by molar-refractivity contribution is -0.139. The summed E-state index contributed by atoms with van der Waals surface area (Å²) in [5.74, 6) is -0.257.